The number of unbranched alkanes of at least 4 members (excludes halogenated alkanes) is 1. The minimum absolute atomic E-state index is 0.0890. The number of rotatable bonds is 11. The Hall–Kier alpha value is -0.0100. The summed E-state index contributed by atoms with van der Waals surface area (Å²) in [4.78, 5) is 10.8. The molecule has 1 fully saturated rings. The van der Waals surface area contributed by atoms with Crippen molar-refractivity contribution in [1.29, 1.82) is 0 Å². The molecule has 0 aromatic heterocycles. The van der Waals surface area contributed by atoms with Gasteiger partial charge in [-0.2, -0.15) is 0 Å². The standard InChI is InChI=1S/C17H33NO5PS/c1-7-9-11-14(8-2)25-16(15-12-10-13-22-15)17(21-6,18(3,4)5)23-24(19)20/h8,15-16H,7,9-13H2,1-6H3/q+1/p+1. The predicted octanol–water partition coefficient (Wildman–Crippen LogP) is 4.03. The monoisotopic (exact) mass is 395 g/mol. The van der Waals surface area contributed by atoms with Crippen molar-refractivity contribution in [3.8, 4) is 0 Å². The van der Waals surface area contributed by atoms with Crippen molar-refractivity contribution < 1.29 is 27.9 Å². The Morgan fingerprint density at radius 1 is 1.52 bits per heavy atom. The lowest BCUT2D eigenvalue weighted by molar-refractivity contribution is -0.975. The molecule has 1 heterocycles. The van der Waals surface area contributed by atoms with Crippen molar-refractivity contribution in [2.45, 2.75) is 63.2 Å². The Morgan fingerprint density at radius 2 is 2.20 bits per heavy atom. The van der Waals surface area contributed by atoms with Crippen LogP contribution in [0.3, 0.4) is 0 Å². The van der Waals surface area contributed by atoms with E-state index in [-0.39, 0.29) is 15.8 Å². The molecule has 8 heteroatoms. The van der Waals surface area contributed by atoms with E-state index in [1.807, 2.05) is 28.1 Å². The van der Waals surface area contributed by atoms with E-state index in [4.69, 9.17) is 14.0 Å². The van der Waals surface area contributed by atoms with Gasteiger partial charge in [-0.05, 0) is 42.0 Å². The Kier molecular flexibility index (Phi) is 9.54. The van der Waals surface area contributed by atoms with Crippen LogP contribution in [0.4, 0.5) is 0 Å². The molecule has 0 saturated carbocycles. The number of thioether (sulfide) groups is 1. The molecule has 0 spiro atoms. The van der Waals surface area contributed by atoms with Gasteiger partial charge in [-0.25, -0.2) is 0 Å². The van der Waals surface area contributed by atoms with Crippen LogP contribution in [0.15, 0.2) is 11.0 Å². The highest BCUT2D eigenvalue weighted by Crippen LogP contribution is 2.46. The van der Waals surface area contributed by atoms with Crippen LogP contribution in [-0.2, 0) is 18.6 Å². The van der Waals surface area contributed by atoms with Crippen LogP contribution in [0.25, 0.3) is 0 Å². The second kappa shape index (κ2) is 10.4. The zero-order valence-corrected chi connectivity index (χ0v) is 18.1. The van der Waals surface area contributed by atoms with Gasteiger partial charge in [0.1, 0.15) is 0 Å². The molecule has 0 bridgehead atoms. The fourth-order valence-electron chi connectivity index (χ4n) is 3.11. The van der Waals surface area contributed by atoms with Crippen molar-refractivity contribution >= 4 is 20.0 Å². The number of quaternary nitrogens is 1. The molecule has 0 amide bonds. The quantitative estimate of drug-likeness (QED) is 0.324. The minimum Gasteiger partial charge on any atom is -0.377 e. The minimum atomic E-state index is -2.82. The Morgan fingerprint density at radius 3 is 2.60 bits per heavy atom. The van der Waals surface area contributed by atoms with Gasteiger partial charge >= 0.3 is 14.2 Å². The van der Waals surface area contributed by atoms with E-state index in [2.05, 4.69) is 13.0 Å². The van der Waals surface area contributed by atoms with Crippen molar-refractivity contribution in [2.24, 2.45) is 0 Å². The van der Waals surface area contributed by atoms with E-state index in [1.54, 1.807) is 11.8 Å². The summed E-state index contributed by atoms with van der Waals surface area (Å²) < 4.78 is 29.2. The summed E-state index contributed by atoms with van der Waals surface area (Å²) in [7, 11) is 4.44. The van der Waals surface area contributed by atoms with E-state index in [9.17, 15) is 9.46 Å². The topological polar surface area (TPSA) is 65.0 Å². The first kappa shape index (κ1) is 23.0. The van der Waals surface area contributed by atoms with E-state index in [0.717, 1.165) is 32.1 Å². The molecule has 6 nitrogen and oxygen atoms in total. The van der Waals surface area contributed by atoms with Crippen LogP contribution in [0, 0.1) is 0 Å². The van der Waals surface area contributed by atoms with E-state index < -0.39 is 14.2 Å². The van der Waals surface area contributed by atoms with Crippen LogP contribution in [0.1, 0.15) is 46.0 Å². The summed E-state index contributed by atoms with van der Waals surface area (Å²) >= 11 is 1.66. The molecule has 0 aromatic carbocycles. The summed E-state index contributed by atoms with van der Waals surface area (Å²) in [5.74, 6) is -1.29. The van der Waals surface area contributed by atoms with Crippen molar-refractivity contribution in [1.82, 2.24) is 0 Å². The average molecular weight is 396 g/mol. The number of nitrogens with zero attached hydrogens (tertiary/aromatic N) is 1. The van der Waals surface area contributed by atoms with Crippen LogP contribution >= 0.6 is 20.0 Å². The number of hydrogen-bond acceptors (Lipinski definition) is 5. The average Bonchev–Trinajstić information content (AvgIpc) is 3.06. The van der Waals surface area contributed by atoms with Gasteiger partial charge in [0, 0.05) is 18.3 Å². The molecule has 4 atom stereocenters. The highest BCUT2D eigenvalue weighted by molar-refractivity contribution is 8.03. The largest absolute Gasteiger partial charge is 0.703 e. The molecule has 1 rings (SSSR count). The van der Waals surface area contributed by atoms with Crippen LogP contribution in [0.2, 0.25) is 0 Å². The van der Waals surface area contributed by atoms with Crippen LogP contribution < -0.4 is 0 Å². The normalized spacial score (nSPS) is 23.4. The second-order valence-corrected chi connectivity index (χ2v) is 9.05. The third-order valence-electron chi connectivity index (χ3n) is 4.48. The smallest absolute Gasteiger partial charge is 0.377 e. The Labute approximate surface area is 157 Å². The van der Waals surface area contributed by atoms with Gasteiger partial charge in [0.15, 0.2) is 5.25 Å². The van der Waals surface area contributed by atoms with Crippen molar-refractivity contribution in [2.75, 3.05) is 34.9 Å². The first-order chi connectivity index (χ1) is 11.7. The lowest BCUT2D eigenvalue weighted by atomic mass is 10.1. The molecule has 0 radical (unpaired) electrons. The number of ether oxygens (including phenoxy) is 2. The van der Waals surface area contributed by atoms with Gasteiger partial charge in [-0.1, -0.05) is 19.4 Å². The molecular formula is C17H34NO5PS+2. The maximum Gasteiger partial charge on any atom is 0.703 e. The predicted molar refractivity (Wildman–Crippen MR) is 102 cm³/mol. The molecule has 1 saturated heterocycles. The first-order valence-corrected chi connectivity index (χ1v) is 10.9. The SMILES string of the molecule is CC=C(CCCC)SC(C1CCCO1)C(OC)(O[P+](=O)O)[N+](C)(C)C. The van der Waals surface area contributed by atoms with Gasteiger partial charge in [0.25, 0.3) is 0 Å². The molecule has 4 unspecified atom stereocenters. The third kappa shape index (κ3) is 5.99. The van der Waals surface area contributed by atoms with Gasteiger partial charge < -0.3 is 9.47 Å². The highest BCUT2D eigenvalue weighted by atomic mass is 32.2. The summed E-state index contributed by atoms with van der Waals surface area (Å²) in [5.41, 5.74) is 0. The van der Waals surface area contributed by atoms with Crippen LogP contribution in [-0.4, -0.2) is 61.5 Å². The molecule has 25 heavy (non-hydrogen) atoms. The van der Waals surface area contributed by atoms with E-state index in [0.29, 0.717) is 6.61 Å². The first-order valence-electron chi connectivity index (χ1n) is 8.87. The molecule has 1 N–H and O–H groups in total. The fourth-order valence-corrected chi connectivity index (χ4v) is 5.54. The zero-order valence-electron chi connectivity index (χ0n) is 16.4. The lowest BCUT2D eigenvalue weighted by Crippen LogP contribution is -2.67. The van der Waals surface area contributed by atoms with Crippen molar-refractivity contribution in [3.05, 3.63) is 11.0 Å². The number of allylic oxidation sites excluding steroid dienone is 2. The van der Waals surface area contributed by atoms with Gasteiger partial charge in [0.05, 0.1) is 27.2 Å². The number of hydrogen-bond donors (Lipinski definition) is 1. The van der Waals surface area contributed by atoms with E-state index in [1.165, 1.54) is 12.0 Å². The highest BCUT2D eigenvalue weighted by Gasteiger charge is 2.62. The molecular weight excluding hydrogens is 361 g/mol. The van der Waals surface area contributed by atoms with Crippen molar-refractivity contribution in [3.63, 3.8) is 0 Å². The number of methoxy groups -OCH3 is 1. The van der Waals surface area contributed by atoms with Gasteiger partial charge in [-0.3, -0.25) is 4.48 Å². The summed E-state index contributed by atoms with van der Waals surface area (Å²) in [5, 5.41) is -0.255. The molecule has 1 aliphatic heterocycles. The molecule has 0 aromatic rings. The maximum atomic E-state index is 11.6. The Balaban J connectivity index is 3.26. The lowest BCUT2D eigenvalue weighted by Gasteiger charge is -2.44. The van der Waals surface area contributed by atoms with Gasteiger partial charge in [-0.15, -0.1) is 16.7 Å². The van der Waals surface area contributed by atoms with Gasteiger partial charge in [0.2, 0.25) is 0 Å². The Bertz CT molecular complexity index is 462. The third-order valence-corrected chi connectivity index (χ3v) is 6.49. The second-order valence-electron chi connectivity index (χ2n) is 7.12. The zero-order chi connectivity index (χ0) is 19.1. The molecule has 0 aliphatic carbocycles. The summed E-state index contributed by atoms with van der Waals surface area (Å²) in [6.07, 6.45) is 7.08. The van der Waals surface area contributed by atoms with E-state index >= 15 is 0 Å². The van der Waals surface area contributed by atoms with Crippen LogP contribution in [0.5, 0.6) is 0 Å². The molecule has 146 valence electrons. The maximum absolute atomic E-state index is 11.6. The summed E-state index contributed by atoms with van der Waals surface area (Å²) in [6, 6.07) is 0. The molecule has 1 aliphatic rings. The summed E-state index contributed by atoms with van der Waals surface area (Å²) in [6.45, 7) is 4.89. The fraction of sp³-hybridized carbons (Fsp3) is 0.882.